The number of H-pyrrole nitrogens is 1. The maximum atomic E-state index is 5.95. The highest BCUT2D eigenvalue weighted by Crippen LogP contribution is 2.30. The largest absolute Gasteiger partial charge is 0.496 e. The number of nitrogens with zero attached hydrogens (tertiary/aromatic N) is 1. The molecule has 0 aliphatic heterocycles. The minimum atomic E-state index is 0.638. The van der Waals surface area contributed by atoms with Crippen LogP contribution in [-0.2, 0) is 11.3 Å². The molecule has 0 unspecified atom stereocenters. The zero-order valence-corrected chi connectivity index (χ0v) is 12.3. The minimum Gasteiger partial charge on any atom is -0.496 e. The fraction of sp³-hybridized carbons (Fsp3) is 0.357. The summed E-state index contributed by atoms with van der Waals surface area (Å²) in [6.45, 7) is 2.20. The predicted molar refractivity (Wildman–Crippen MR) is 79.2 cm³/mol. The minimum absolute atomic E-state index is 0.638. The highest BCUT2D eigenvalue weighted by atomic mass is 35.5. The third-order valence-corrected chi connectivity index (χ3v) is 3.08. The number of methoxy groups -OCH3 is 2. The molecular formula is C14H18ClN3O2. The molecule has 0 radical (unpaired) electrons. The van der Waals surface area contributed by atoms with E-state index in [0.717, 1.165) is 23.6 Å². The average Bonchev–Trinajstić information content (AvgIpc) is 2.92. The van der Waals surface area contributed by atoms with Gasteiger partial charge in [0.05, 0.1) is 19.3 Å². The standard InChI is InChI=1S/C14H18ClN3O2/c1-19-6-5-16-8-11-9-17-14(18-11)12-4-3-10(15)7-13(12)20-2/h3-4,7,9,16H,5-6,8H2,1-2H3,(H,17,18). The highest BCUT2D eigenvalue weighted by molar-refractivity contribution is 6.30. The summed E-state index contributed by atoms with van der Waals surface area (Å²) in [6.07, 6.45) is 1.81. The molecule has 0 fully saturated rings. The molecular weight excluding hydrogens is 278 g/mol. The van der Waals surface area contributed by atoms with Crippen LogP contribution in [0, 0.1) is 0 Å². The SMILES string of the molecule is COCCNCc1cnc(-c2ccc(Cl)cc2OC)[nH]1. The molecule has 1 heterocycles. The fourth-order valence-electron chi connectivity index (χ4n) is 1.84. The first-order valence-electron chi connectivity index (χ1n) is 6.32. The molecule has 0 bridgehead atoms. The maximum Gasteiger partial charge on any atom is 0.141 e. The van der Waals surface area contributed by atoms with E-state index in [1.54, 1.807) is 20.3 Å². The lowest BCUT2D eigenvalue weighted by Gasteiger charge is -2.06. The van der Waals surface area contributed by atoms with Crippen molar-refractivity contribution in [2.45, 2.75) is 6.54 Å². The summed E-state index contributed by atoms with van der Waals surface area (Å²) < 4.78 is 10.3. The summed E-state index contributed by atoms with van der Waals surface area (Å²) in [5.74, 6) is 1.47. The third-order valence-electron chi connectivity index (χ3n) is 2.85. The second kappa shape index (κ2) is 7.28. The molecule has 2 N–H and O–H groups in total. The maximum absolute atomic E-state index is 5.95. The number of aromatic amines is 1. The summed E-state index contributed by atoms with van der Waals surface area (Å²) >= 11 is 5.95. The highest BCUT2D eigenvalue weighted by Gasteiger charge is 2.10. The van der Waals surface area contributed by atoms with Gasteiger partial charge in [0.2, 0.25) is 0 Å². The Balaban J connectivity index is 2.08. The molecule has 2 aromatic rings. The van der Waals surface area contributed by atoms with Gasteiger partial charge in [0, 0.05) is 37.1 Å². The van der Waals surface area contributed by atoms with Crippen LogP contribution in [0.1, 0.15) is 5.69 Å². The van der Waals surface area contributed by atoms with E-state index in [0.29, 0.717) is 23.9 Å². The Hall–Kier alpha value is -1.56. The van der Waals surface area contributed by atoms with Crippen molar-refractivity contribution < 1.29 is 9.47 Å². The fourth-order valence-corrected chi connectivity index (χ4v) is 2.01. The van der Waals surface area contributed by atoms with Gasteiger partial charge in [-0.1, -0.05) is 11.6 Å². The van der Waals surface area contributed by atoms with Crippen LogP contribution in [0.5, 0.6) is 5.75 Å². The Labute approximate surface area is 123 Å². The van der Waals surface area contributed by atoms with E-state index in [9.17, 15) is 0 Å². The lowest BCUT2D eigenvalue weighted by Crippen LogP contribution is -2.18. The van der Waals surface area contributed by atoms with E-state index >= 15 is 0 Å². The smallest absolute Gasteiger partial charge is 0.141 e. The number of hydrogen-bond acceptors (Lipinski definition) is 4. The predicted octanol–water partition coefficient (Wildman–Crippen LogP) is 2.47. The molecule has 1 aromatic carbocycles. The molecule has 108 valence electrons. The Morgan fingerprint density at radius 1 is 1.35 bits per heavy atom. The van der Waals surface area contributed by atoms with Crippen LogP contribution in [0.4, 0.5) is 0 Å². The number of nitrogens with one attached hydrogen (secondary N) is 2. The van der Waals surface area contributed by atoms with Gasteiger partial charge in [-0.2, -0.15) is 0 Å². The molecule has 6 heteroatoms. The molecule has 0 amide bonds. The monoisotopic (exact) mass is 295 g/mol. The summed E-state index contributed by atoms with van der Waals surface area (Å²) in [5.41, 5.74) is 1.90. The van der Waals surface area contributed by atoms with Gasteiger partial charge in [-0.15, -0.1) is 0 Å². The van der Waals surface area contributed by atoms with Crippen molar-refractivity contribution in [3.63, 3.8) is 0 Å². The van der Waals surface area contributed by atoms with Gasteiger partial charge in [-0.05, 0) is 18.2 Å². The molecule has 20 heavy (non-hydrogen) atoms. The number of ether oxygens (including phenoxy) is 2. The van der Waals surface area contributed by atoms with Crippen molar-refractivity contribution >= 4 is 11.6 Å². The van der Waals surface area contributed by atoms with Gasteiger partial charge in [-0.3, -0.25) is 0 Å². The Kier molecular flexibility index (Phi) is 5.40. The van der Waals surface area contributed by atoms with E-state index in [-0.39, 0.29) is 0 Å². The molecule has 0 saturated carbocycles. The number of imidazole rings is 1. The molecule has 0 aliphatic carbocycles. The molecule has 1 aromatic heterocycles. The van der Waals surface area contributed by atoms with Gasteiger partial charge in [0.25, 0.3) is 0 Å². The van der Waals surface area contributed by atoms with Gasteiger partial charge in [-0.25, -0.2) is 4.98 Å². The first-order valence-corrected chi connectivity index (χ1v) is 6.70. The van der Waals surface area contributed by atoms with Crippen LogP contribution in [0.3, 0.4) is 0 Å². The van der Waals surface area contributed by atoms with Gasteiger partial charge < -0.3 is 19.8 Å². The lowest BCUT2D eigenvalue weighted by molar-refractivity contribution is 0.199. The van der Waals surface area contributed by atoms with Crippen LogP contribution in [0.2, 0.25) is 5.02 Å². The molecule has 0 atom stereocenters. The number of rotatable bonds is 7. The average molecular weight is 296 g/mol. The Morgan fingerprint density at radius 3 is 2.95 bits per heavy atom. The number of halogens is 1. The lowest BCUT2D eigenvalue weighted by atomic mass is 10.2. The summed E-state index contributed by atoms with van der Waals surface area (Å²) in [7, 11) is 3.30. The molecule has 5 nitrogen and oxygen atoms in total. The van der Waals surface area contributed by atoms with E-state index in [2.05, 4.69) is 15.3 Å². The third kappa shape index (κ3) is 3.72. The number of benzene rings is 1. The zero-order chi connectivity index (χ0) is 14.4. The van der Waals surface area contributed by atoms with Crippen LogP contribution in [0.25, 0.3) is 11.4 Å². The summed E-state index contributed by atoms with van der Waals surface area (Å²) in [4.78, 5) is 7.64. The first-order chi connectivity index (χ1) is 9.74. The molecule has 0 spiro atoms. The zero-order valence-electron chi connectivity index (χ0n) is 11.6. The molecule has 2 rings (SSSR count). The van der Waals surface area contributed by atoms with Crippen LogP contribution >= 0.6 is 11.6 Å². The summed E-state index contributed by atoms with van der Waals surface area (Å²) in [6, 6.07) is 5.48. The van der Waals surface area contributed by atoms with Crippen molar-refractivity contribution in [1.82, 2.24) is 15.3 Å². The van der Waals surface area contributed by atoms with Crippen LogP contribution in [-0.4, -0.2) is 37.3 Å². The normalized spacial score (nSPS) is 10.8. The Bertz CT molecular complexity index is 557. The first kappa shape index (κ1) is 14.8. The van der Waals surface area contributed by atoms with Crippen molar-refractivity contribution in [3.05, 3.63) is 35.1 Å². The Morgan fingerprint density at radius 2 is 2.20 bits per heavy atom. The van der Waals surface area contributed by atoms with Crippen molar-refractivity contribution in [2.24, 2.45) is 0 Å². The number of hydrogen-bond donors (Lipinski definition) is 2. The second-order valence-corrected chi connectivity index (χ2v) is 4.71. The van der Waals surface area contributed by atoms with E-state index in [1.807, 2.05) is 18.3 Å². The van der Waals surface area contributed by atoms with Crippen LogP contribution in [0.15, 0.2) is 24.4 Å². The van der Waals surface area contributed by atoms with E-state index in [1.165, 1.54) is 0 Å². The van der Waals surface area contributed by atoms with E-state index < -0.39 is 0 Å². The topological polar surface area (TPSA) is 59.2 Å². The molecule has 0 saturated heterocycles. The molecule has 0 aliphatic rings. The summed E-state index contributed by atoms with van der Waals surface area (Å²) in [5, 5.41) is 3.89. The van der Waals surface area contributed by atoms with Crippen molar-refractivity contribution in [3.8, 4) is 17.1 Å². The van der Waals surface area contributed by atoms with Crippen molar-refractivity contribution in [2.75, 3.05) is 27.4 Å². The van der Waals surface area contributed by atoms with Gasteiger partial charge in [0.15, 0.2) is 0 Å². The second-order valence-electron chi connectivity index (χ2n) is 4.27. The van der Waals surface area contributed by atoms with Gasteiger partial charge >= 0.3 is 0 Å². The van der Waals surface area contributed by atoms with Gasteiger partial charge in [0.1, 0.15) is 11.6 Å². The quantitative estimate of drug-likeness (QED) is 0.771. The van der Waals surface area contributed by atoms with E-state index in [4.69, 9.17) is 21.1 Å². The number of aromatic nitrogens is 2. The van der Waals surface area contributed by atoms with Crippen LogP contribution < -0.4 is 10.1 Å². The van der Waals surface area contributed by atoms with Crippen molar-refractivity contribution in [1.29, 1.82) is 0 Å².